The molecule has 7 atom stereocenters. The molecule has 0 radical (unpaired) electrons. The van der Waals surface area contributed by atoms with Gasteiger partial charge in [0.05, 0.1) is 12.2 Å². The Morgan fingerprint density at radius 2 is 1.59 bits per heavy atom. The van der Waals surface area contributed by atoms with Gasteiger partial charge in [0.1, 0.15) is 17.5 Å². The monoisotopic (exact) mass is 584 g/mol. The molecule has 5 aliphatic rings. The molecular formula is C31H37F5O5. The fraction of sp³-hybridized carbons (Fsp3) is 0.710. The number of allylic oxidation sites excluding steroid dienone is 1. The van der Waals surface area contributed by atoms with Crippen molar-refractivity contribution in [1.82, 2.24) is 0 Å². The Morgan fingerprint density at radius 1 is 0.927 bits per heavy atom. The van der Waals surface area contributed by atoms with Crippen LogP contribution in [0.5, 0.6) is 0 Å². The fourth-order valence-corrected chi connectivity index (χ4v) is 8.95. The predicted molar refractivity (Wildman–Crippen MR) is 138 cm³/mol. The number of ketones is 1. The number of fused-ring (bicyclic) bond motifs is 4. The molecule has 2 N–H and O–H groups in total. The summed E-state index contributed by atoms with van der Waals surface area (Å²) < 4.78 is 83.2. The predicted octanol–water partition coefficient (Wildman–Crippen LogP) is 6.53. The molecule has 10 heteroatoms. The highest BCUT2D eigenvalue weighted by molar-refractivity contribution is 5.82. The van der Waals surface area contributed by atoms with Crippen LogP contribution >= 0.6 is 0 Å². The average molecular weight is 585 g/mol. The highest BCUT2D eigenvalue weighted by atomic mass is 19.4. The van der Waals surface area contributed by atoms with Crippen LogP contribution in [-0.2, 0) is 14.3 Å². The van der Waals surface area contributed by atoms with E-state index in [1.54, 1.807) is 0 Å². The van der Waals surface area contributed by atoms with E-state index in [1.807, 2.05) is 38.1 Å². The van der Waals surface area contributed by atoms with Crippen molar-refractivity contribution < 1.29 is 46.4 Å². The Morgan fingerprint density at radius 3 is 2.20 bits per heavy atom. The number of Topliss-reactive ketones (excluding diaryl/α,β-unsaturated/α-hetero) is 1. The van der Waals surface area contributed by atoms with Crippen LogP contribution in [0.25, 0.3) is 0 Å². The molecule has 6 rings (SSSR count). The lowest BCUT2D eigenvalue weighted by atomic mass is 9.49. The third-order valence-electron chi connectivity index (χ3n) is 11.0. The molecule has 0 aromatic heterocycles. The van der Waals surface area contributed by atoms with E-state index in [9.17, 15) is 28.2 Å². The molecule has 3 saturated carbocycles. The first kappa shape index (κ1) is 29.2. The van der Waals surface area contributed by atoms with Crippen molar-refractivity contribution in [2.75, 3.05) is 6.61 Å². The van der Waals surface area contributed by atoms with Crippen LogP contribution in [0.3, 0.4) is 0 Å². The maximum absolute atomic E-state index is 15.2. The van der Waals surface area contributed by atoms with Crippen molar-refractivity contribution in [3.63, 3.8) is 0 Å². The van der Waals surface area contributed by atoms with Crippen LogP contribution in [0, 0.1) is 17.3 Å². The van der Waals surface area contributed by atoms with Crippen molar-refractivity contribution in [2.24, 2.45) is 17.3 Å². The number of benzene rings is 1. The van der Waals surface area contributed by atoms with E-state index >= 15 is 8.78 Å². The van der Waals surface area contributed by atoms with Gasteiger partial charge < -0.3 is 19.7 Å². The third-order valence-corrected chi connectivity index (χ3v) is 11.0. The highest BCUT2D eigenvalue weighted by Crippen LogP contribution is 2.71. The minimum absolute atomic E-state index is 0.0168. The molecule has 4 fully saturated rings. The zero-order valence-corrected chi connectivity index (χ0v) is 23.5. The largest absolute Gasteiger partial charge is 0.456 e. The summed E-state index contributed by atoms with van der Waals surface area (Å²) in [5, 5.41) is 23.0. The van der Waals surface area contributed by atoms with Crippen LogP contribution in [0.2, 0.25) is 0 Å². The van der Waals surface area contributed by atoms with E-state index in [-0.39, 0.29) is 49.9 Å². The van der Waals surface area contributed by atoms with Gasteiger partial charge in [-0.25, -0.2) is 0 Å². The molecule has 0 bridgehead atoms. The fourth-order valence-electron chi connectivity index (χ4n) is 8.95. The van der Waals surface area contributed by atoms with E-state index in [1.165, 1.54) is 6.92 Å². The van der Waals surface area contributed by atoms with Crippen molar-refractivity contribution in [1.29, 1.82) is 0 Å². The van der Waals surface area contributed by atoms with Crippen molar-refractivity contribution in [2.45, 2.75) is 113 Å². The number of carbonyl (C=O) groups is 1. The summed E-state index contributed by atoms with van der Waals surface area (Å²) in [7, 11) is 0. The molecule has 1 aromatic carbocycles. The van der Waals surface area contributed by atoms with Gasteiger partial charge in [-0.3, -0.25) is 4.79 Å². The van der Waals surface area contributed by atoms with E-state index in [0.29, 0.717) is 25.0 Å². The van der Waals surface area contributed by atoms with Gasteiger partial charge in [-0.2, -0.15) is 22.0 Å². The molecule has 0 unspecified atom stereocenters. The SMILES string of the molecule is CC1(C)OC[C@@H](c2ccc([C@H]3C[C@@]4(C)[C@@H](CC[C@@]4(O)C(F)(F)C(F)(F)F)[C@@H]4CC[C@@]5(O)CC(=O)CCC5=C43)cc2)O1. The van der Waals surface area contributed by atoms with Gasteiger partial charge in [0.2, 0.25) is 0 Å². The number of halogens is 5. The van der Waals surface area contributed by atoms with E-state index in [4.69, 9.17) is 9.47 Å². The Kier molecular flexibility index (Phi) is 6.46. The summed E-state index contributed by atoms with van der Waals surface area (Å²) in [6.07, 6.45) is -5.81. The van der Waals surface area contributed by atoms with Crippen molar-refractivity contribution in [3.8, 4) is 0 Å². The van der Waals surface area contributed by atoms with Crippen LogP contribution in [0.15, 0.2) is 35.4 Å². The maximum Gasteiger partial charge on any atom is 0.456 e. The van der Waals surface area contributed by atoms with E-state index in [2.05, 4.69) is 0 Å². The number of ether oxygens (including phenoxy) is 2. The smallest absolute Gasteiger partial charge is 0.385 e. The van der Waals surface area contributed by atoms with Crippen LogP contribution in [-0.4, -0.2) is 51.7 Å². The first-order valence-electron chi connectivity index (χ1n) is 14.5. The van der Waals surface area contributed by atoms with Gasteiger partial charge in [0.15, 0.2) is 5.79 Å². The molecule has 1 heterocycles. The Bertz CT molecular complexity index is 1270. The molecule has 1 aromatic rings. The van der Waals surface area contributed by atoms with E-state index < -0.39 is 52.8 Å². The number of aliphatic hydroxyl groups is 2. The number of carbonyl (C=O) groups excluding carboxylic acids is 1. The minimum Gasteiger partial charge on any atom is -0.385 e. The van der Waals surface area contributed by atoms with Crippen molar-refractivity contribution in [3.05, 3.63) is 46.5 Å². The van der Waals surface area contributed by atoms with Gasteiger partial charge in [-0.05, 0) is 80.9 Å². The summed E-state index contributed by atoms with van der Waals surface area (Å²) in [5.41, 5.74) is -3.19. The molecule has 0 amide bonds. The molecule has 1 aliphatic heterocycles. The number of hydrogen-bond acceptors (Lipinski definition) is 5. The molecule has 1 saturated heterocycles. The zero-order chi connectivity index (χ0) is 29.8. The van der Waals surface area contributed by atoms with Gasteiger partial charge in [-0.15, -0.1) is 0 Å². The molecular weight excluding hydrogens is 547 g/mol. The summed E-state index contributed by atoms with van der Waals surface area (Å²) in [6.45, 7) is 5.37. The van der Waals surface area contributed by atoms with Gasteiger partial charge in [0.25, 0.3) is 0 Å². The standard InChI is InChI=1S/C31H37F5O5/c1-26(2)40-16-24(41-26)18-6-4-17(5-7-18)21-15-27(3)22(11-13-29(27,39)30(32,33)31(34,35)36)20-10-12-28(38)14-19(37)8-9-23(28)25(20)21/h4-7,20-22,24,38-39H,8-16H2,1-3H3/t20-,21+,22-,24-,27-,28+,29-/m0/s1. The van der Waals surface area contributed by atoms with Crippen molar-refractivity contribution >= 4 is 5.78 Å². The first-order chi connectivity index (χ1) is 18.9. The quantitative estimate of drug-likeness (QED) is 0.312. The Balaban J connectivity index is 1.46. The molecule has 5 nitrogen and oxygen atoms in total. The van der Waals surface area contributed by atoms with Crippen LogP contribution in [0.1, 0.15) is 95.3 Å². The second-order valence-corrected chi connectivity index (χ2v) is 13.6. The molecule has 226 valence electrons. The average Bonchev–Trinajstić information content (AvgIpc) is 3.38. The third kappa shape index (κ3) is 4.18. The second kappa shape index (κ2) is 9.07. The van der Waals surface area contributed by atoms with Crippen LogP contribution in [0.4, 0.5) is 22.0 Å². The van der Waals surface area contributed by atoms with Gasteiger partial charge in [-0.1, -0.05) is 36.8 Å². The van der Waals surface area contributed by atoms with Gasteiger partial charge in [0, 0.05) is 24.2 Å². The normalized spacial score (nSPS) is 40.8. The number of rotatable bonds is 3. The second-order valence-electron chi connectivity index (χ2n) is 13.6. The summed E-state index contributed by atoms with van der Waals surface area (Å²) >= 11 is 0. The lowest BCUT2D eigenvalue weighted by Crippen LogP contribution is -2.65. The summed E-state index contributed by atoms with van der Waals surface area (Å²) in [4.78, 5) is 12.3. The van der Waals surface area contributed by atoms with Gasteiger partial charge >= 0.3 is 12.1 Å². The summed E-state index contributed by atoms with van der Waals surface area (Å²) in [6, 6.07) is 7.37. The molecule has 0 spiro atoms. The molecule has 4 aliphatic carbocycles. The topological polar surface area (TPSA) is 76.0 Å². The first-order valence-corrected chi connectivity index (χ1v) is 14.5. The minimum atomic E-state index is -5.90. The van der Waals surface area contributed by atoms with E-state index in [0.717, 1.165) is 16.7 Å². The Hall–Kier alpha value is -1.88. The van der Waals surface area contributed by atoms with Crippen LogP contribution < -0.4 is 0 Å². The maximum atomic E-state index is 15.2. The number of alkyl halides is 5. The number of hydrogen-bond donors (Lipinski definition) is 2. The lowest BCUT2D eigenvalue weighted by molar-refractivity contribution is -0.362. The highest BCUT2D eigenvalue weighted by Gasteiger charge is 2.79. The summed E-state index contributed by atoms with van der Waals surface area (Å²) in [5.74, 6) is -7.67. The molecule has 41 heavy (non-hydrogen) atoms. The Labute approximate surface area is 236 Å². The zero-order valence-electron chi connectivity index (χ0n) is 23.5. The lowest BCUT2D eigenvalue weighted by Gasteiger charge is -2.57.